The summed E-state index contributed by atoms with van der Waals surface area (Å²) in [7, 11) is -6.89. The molecule has 38 heavy (non-hydrogen) atoms. The maximum Gasteiger partial charge on any atom is 0.229 e. The summed E-state index contributed by atoms with van der Waals surface area (Å²) in [5.41, 5.74) is 6.59. The van der Waals surface area contributed by atoms with Crippen molar-refractivity contribution < 1.29 is 16.8 Å². The molecule has 0 atom stereocenters. The molecule has 0 fully saturated rings. The Morgan fingerprint density at radius 3 is 1.42 bits per heavy atom. The molecule has 5 aromatic rings. The van der Waals surface area contributed by atoms with E-state index in [4.69, 9.17) is 0 Å². The van der Waals surface area contributed by atoms with Gasteiger partial charge in [-0.25, -0.2) is 16.8 Å². The molecule has 4 N–H and O–H groups in total. The fourth-order valence-corrected chi connectivity index (χ4v) is 5.22. The van der Waals surface area contributed by atoms with Gasteiger partial charge in [0.2, 0.25) is 20.0 Å². The van der Waals surface area contributed by atoms with Crippen molar-refractivity contribution in [2.45, 2.75) is 0 Å². The molecular weight excluding hydrogens is 524 g/mol. The van der Waals surface area contributed by atoms with Crippen LogP contribution in [-0.2, 0) is 20.0 Å². The van der Waals surface area contributed by atoms with Crippen LogP contribution in [0.3, 0.4) is 0 Å². The highest BCUT2D eigenvalue weighted by Gasteiger charge is 2.15. The van der Waals surface area contributed by atoms with Crippen molar-refractivity contribution in [3.63, 3.8) is 0 Å². The van der Waals surface area contributed by atoms with E-state index in [2.05, 4.69) is 29.8 Å². The molecule has 0 unspecified atom stereocenters. The Kier molecular flexibility index (Phi) is 6.51. The molecule has 2 aromatic heterocycles. The van der Waals surface area contributed by atoms with Crippen LogP contribution in [0.4, 0.5) is 11.4 Å². The molecule has 0 amide bonds. The number of H-pyrrole nitrogens is 2. The van der Waals surface area contributed by atoms with Crippen LogP contribution in [0.15, 0.2) is 84.9 Å². The largest absolute Gasteiger partial charge is 0.283 e. The number of nitrogens with one attached hydrogen (secondary N) is 4. The summed E-state index contributed by atoms with van der Waals surface area (Å²) in [6, 6.07) is 25.5. The summed E-state index contributed by atoms with van der Waals surface area (Å²) in [5, 5.41) is 14.9. The van der Waals surface area contributed by atoms with Gasteiger partial charge in [0, 0.05) is 22.3 Å². The maximum atomic E-state index is 11.8. The zero-order valence-electron chi connectivity index (χ0n) is 20.4. The third-order valence-electron chi connectivity index (χ3n) is 5.64. The lowest BCUT2D eigenvalue weighted by Gasteiger charge is -2.08. The van der Waals surface area contributed by atoms with Crippen molar-refractivity contribution in [1.29, 1.82) is 0 Å². The smallest absolute Gasteiger partial charge is 0.229 e. The topological polar surface area (TPSA) is 150 Å². The van der Waals surface area contributed by atoms with Crippen LogP contribution in [0.1, 0.15) is 0 Å². The summed E-state index contributed by atoms with van der Waals surface area (Å²) < 4.78 is 52.2. The van der Waals surface area contributed by atoms with Gasteiger partial charge in [-0.2, -0.15) is 10.2 Å². The van der Waals surface area contributed by atoms with Crippen molar-refractivity contribution in [3.8, 4) is 45.0 Å². The molecule has 12 heteroatoms. The molecule has 2 heterocycles. The number of anilines is 2. The molecule has 0 saturated heterocycles. The van der Waals surface area contributed by atoms with Gasteiger partial charge in [0.25, 0.3) is 0 Å². The van der Waals surface area contributed by atoms with Crippen LogP contribution in [0.25, 0.3) is 45.0 Å². The molecule has 0 aliphatic rings. The van der Waals surface area contributed by atoms with Gasteiger partial charge in [-0.1, -0.05) is 54.6 Å². The van der Waals surface area contributed by atoms with Gasteiger partial charge < -0.3 is 0 Å². The van der Waals surface area contributed by atoms with E-state index in [9.17, 15) is 16.8 Å². The zero-order chi connectivity index (χ0) is 26.9. The molecule has 0 radical (unpaired) electrons. The first-order valence-corrected chi connectivity index (χ1v) is 15.2. The molecule has 194 valence electrons. The highest BCUT2D eigenvalue weighted by Crippen LogP contribution is 2.33. The van der Waals surface area contributed by atoms with E-state index in [-0.39, 0.29) is 0 Å². The number of aromatic amines is 2. The SMILES string of the molecule is CS(=O)(=O)Nc1ccccc1-c1cc(-c2cccc(-c3cc(-c4ccccc4NS(C)(=O)=O)[nH]n3)c2)n[nH]1. The molecule has 0 spiro atoms. The number of para-hydroxylation sites is 2. The van der Waals surface area contributed by atoms with Gasteiger partial charge in [0.1, 0.15) is 0 Å². The molecule has 0 aliphatic carbocycles. The van der Waals surface area contributed by atoms with E-state index < -0.39 is 20.0 Å². The summed E-state index contributed by atoms with van der Waals surface area (Å²) in [6.45, 7) is 0. The predicted octanol–water partition coefficient (Wildman–Crippen LogP) is 4.54. The van der Waals surface area contributed by atoms with E-state index in [0.29, 0.717) is 45.3 Å². The minimum absolute atomic E-state index is 0.452. The van der Waals surface area contributed by atoms with Crippen molar-refractivity contribution in [2.24, 2.45) is 0 Å². The number of hydrogen-bond acceptors (Lipinski definition) is 6. The van der Waals surface area contributed by atoms with Crippen molar-refractivity contribution in [2.75, 3.05) is 22.0 Å². The quantitative estimate of drug-likeness (QED) is 0.224. The monoisotopic (exact) mass is 548 g/mol. The van der Waals surface area contributed by atoms with Crippen LogP contribution in [0, 0.1) is 0 Å². The zero-order valence-corrected chi connectivity index (χ0v) is 22.1. The molecule has 0 saturated carbocycles. The highest BCUT2D eigenvalue weighted by molar-refractivity contribution is 7.92. The Balaban J connectivity index is 1.45. The van der Waals surface area contributed by atoms with Crippen LogP contribution < -0.4 is 9.44 Å². The second-order valence-corrected chi connectivity index (χ2v) is 12.3. The molecular formula is C26H24N6O4S2. The Hall–Kier alpha value is -4.42. The van der Waals surface area contributed by atoms with Crippen molar-refractivity contribution in [1.82, 2.24) is 20.4 Å². The van der Waals surface area contributed by atoms with E-state index in [0.717, 1.165) is 23.6 Å². The minimum atomic E-state index is -3.45. The molecule has 5 rings (SSSR count). The van der Waals surface area contributed by atoms with Crippen LogP contribution in [0.2, 0.25) is 0 Å². The molecule has 3 aromatic carbocycles. The standard InChI is InChI=1S/C26H24N6O4S2/c1-37(33,34)31-21-12-5-3-10-19(21)25-15-23(27-29-25)17-8-7-9-18(14-17)24-16-26(30-28-24)20-11-4-6-13-22(20)32-38(2,35)36/h3-16,31-32H,1-2H3,(H,27,29)(H,28,30). The lowest BCUT2D eigenvalue weighted by atomic mass is 10.0. The van der Waals surface area contributed by atoms with Crippen molar-refractivity contribution >= 4 is 31.4 Å². The highest BCUT2D eigenvalue weighted by atomic mass is 32.2. The first-order valence-electron chi connectivity index (χ1n) is 11.4. The number of sulfonamides is 2. The summed E-state index contributed by atoms with van der Waals surface area (Å²) >= 11 is 0. The summed E-state index contributed by atoms with van der Waals surface area (Å²) in [5.74, 6) is 0. The van der Waals surface area contributed by atoms with E-state index in [1.54, 1.807) is 24.3 Å². The van der Waals surface area contributed by atoms with E-state index in [1.807, 2.05) is 60.7 Å². The van der Waals surface area contributed by atoms with E-state index >= 15 is 0 Å². The third-order valence-corrected chi connectivity index (χ3v) is 6.82. The average Bonchev–Trinajstić information content (AvgIpc) is 3.54. The van der Waals surface area contributed by atoms with Crippen LogP contribution in [-0.4, -0.2) is 49.7 Å². The Morgan fingerprint density at radius 1 is 0.579 bits per heavy atom. The van der Waals surface area contributed by atoms with Gasteiger partial charge in [-0.3, -0.25) is 19.6 Å². The normalized spacial score (nSPS) is 11.8. The minimum Gasteiger partial charge on any atom is -0.283 e. The summed E-state index contributed by atoms with van der Waals surface area (Å²) in [4.78, 5) is 0. The predicted molar refractivity (Wildman–Crippen MR) is 149 cm³/mol. The number of hydrogen-bond donors (Lipinski definition) is 4. The lowest BCUT2D eigenvalue weighted by Crippen LogP contribution is -2.10. The lowest BCUT2D eigenvalue weighted by molar-refractivity contribution is 0.605. The fraction of sp³-hybridized carbons (Fsp3) is 0.0769. The Labute approximate surface area is 220 Å². The van der Waals surface area contributed by atoms with Crippen molar-refractivity contribution in [3.05, 3.63) is 84.9 Å². The first kappa shape index (κ1) is 25.2. The third kappa shape index (κ3) is 5.76. The fourth-order valence-electron chi connectivity index (χ4n) is 4.07. The summed E-state index contributed by atoms with van der Waals surface area (Å²) in [6.07, 6.45) is 2.21. The number of benzene rings is 3. The van der Waals surface area contributed by atoms with Gasteiger partial charge in [-0.05, 0) is 30.3 Å². The second kappa shape index (κ2) is 9.80. The molecule has 10 nitrogen and oxygen atoms in total. The van der Waals surface area contributed by atoms with Gasteiger partial charge in [-0.15, -0.1) is 0 Å². The van der Waals surface area contributed by atoms with Gasteiger partial charge in [0.15, 0.2) is 0 Å². The molecule has 0 bridgehead atoms. The van der Waals surface area contributed by atoms with Gasteiger partial charge in [0.05, 0.1) is 46.7 Å². The molecule has 0 aliphatic heterocycles. The number of rotatable bonds is 8. The van der Waals surface area contributed by atoms with Gasteiger partial charge >= 0.3 is 0 Å². The first-order chi connectivity index (χ1) is 18.1. The number of aromatic nitrogens is 4. The van der Waals surface area contributed by atoms with E-state index in [1.165, 1.54) is 0 Å². The average molecular weight is 549 g/mol. The number of nitrogens with zero attached hydrogens (tertiary/aromatic N) is 2. The second-order valence-electron chi connectivity index (χ2n) is 8.75. The Bertz CT molecular complexity index is 1710. The maximum absolute atomic E-state index is 11.8. The van der Waals surface area contributed by atoms with Crippen LogP contribution >= 0.6 is 0 Å². The Morgan fingerprint density at radius 2 is 1.00 bits per heavy atom. The van der Waals surface area contributed by atoms with Crippen LogP contribution in [0.5, 0.6) is 0 Å².